The molecule has 0 spiro atoms. The Balaban J connectivity index is 1.38. The van der Waals surface area contributed by atoms with Crippen molar-refractivity contribution in [2.45, 2.75) is 24.9 Å². The molecule has 0 radical (unpaired) electrons. The van der Waals surface area contributed by atoms with Crippen LogP contribution in [0.25, 0.3) is 0 Å². The first kappa shape index (κ1) is 20.1. The Kier molecular flexibility index (Phi) is 5.50. The second-order valence-corrected chi connectivity index (χ2v) is 8.12. The van der Waals surface area contributed by atoms with Crippen LogP contribution in [0.1, 0.15) is 34.8 Å². The number of rotatable bonds is 6. The average molecular weight is 428 g/mol. The molecule has 1 aliphatic heterocycles. The van der Waals surface area contributed by atoms with Gasteiger partial charge in [-0.2, -0.15) is 0 Å². The molecule has 2 N–H and O–H groups in total. The molecule has 1 heterocycles. The van der Waals surface area contributed by atoms with Gasteiger partial charge in [-0.15, -0.1) is 0 Å². The van der Waals surface area contributed by atoms with Crippen molar-refractivity contribution in [1.29, 1.82) is 0 Å². The van der Waals surface area contributed by atoms with E-state index >= 15 is 0 Å². The minimum atomic E-state index is -0.228. The third-order valence-electron chi connectivity index (χ3n) is 5.80. The number of carbonyl (C=O) groups is 2. The number of amides is 2. The first-order chi connectivity index (χ1) is 15.7. The van der Waals surface area contributed by atoms with E-state index in [9.17, 15) is 9.59 Å². The van der Waals surface area contributed by atoms with E-state index in [0.29, 0.717) is 23.6 Å². The minimum Gasteiger partial charge on any atom is -0.489 e. The summed E-state index contributed by atoms with van der Waals surface area (Å²) in [7, 11) is 0. The van der Waals surface area contributed by atoms with Crippen LogP contribution >= 0.6 is 0 Å². The van der Waals surface area contributed by atoms with E-state index in [0.717, 1.165) is 24.1 Å². The van der Waals surface area contributed by atoms with Gasteiger partial charge in [0.2, 0.25) is 5.91 Å². The predicted molar refractivity (Wildman–Crippen MR) is 124 cm³/mol. The Bertz CT molecular complexity index is 1130. The number of hydrogen-bond acceptors (Lipinski definition) is 4. The third kappa shape index (κ3) is 4.17. The highest BCUT2D eigenvalue weighted by atomic mass is 16.5. The van der Waals surface area contributed by atoms with Crippen molar-refractivity contribution in [2.24, 2.45) is 0 Å². The highest BCUT2D eigenvalue weighted by molar-refractivity contribution is 6.02. The summed E-state index contributed by atoms with van der Waals surface area (Å²) in [5.41, 5.74) is 2.96. The van der Waals surface area contributed by atoms with Gasteiger partial charge in [0, 0.05) is 11.7 Å². The van der Waals surface area contributed by atoms with Gasteiger partial charge in [-0.25, -0.2) is 0 Å². The molecule has 3 aromatic rings. The molecule has 2 amide bonds. The first-order valence-electron chi connectivity index (χ1n) is 10.9. The Morgan fingerprint density at radius 1 is 0.906 bits per heavy atom. The van der Waals surface area contributed by atoms with Crippen molar-refractivity contribution in [1.82, 2.24) is 5.32 Å². The van der Waals surface area contributed by atoms with Crippen molar-refractivity contribution in [3.63, 3.8) is 0 Å². The quantitative estimate of drug-likeness (QED) is 0.620. The van der Waals surface area contributed by atoms with Gasteiger partial charge in [0.15, 0.2) is 0 Å². The van der Waals surface area contributed by atoms with Crippen LogP contribution in [-0.4, -0.2) is 31.0 Å². The van der Waals surface area contributed by atoms with Crippen LogP contribution in [0.2, 0.25) is 0 Å². The minimum absolute atomic E-state index is 0.0609. The van der Waals surface area contributed by atoms with Gasteiger partial charge in [-0.05, 0) is 42.7 Å². The van der Waals surface area contributed by atoms with Gasteiger partial charge >= 0.3 is 0 Å². The molecule has 0 aromatic heterocycles. The van der Waals surface area contributed by atoms with Gasteiger partial charge in [-0.1, -0.05) is 54.6 Å². The van der Waals surface area contributed by atoms with E-state index in [1.807, 2.05) is 72.8 Å². The SMILES string of the molecule is O=C(NC1CC1)c1ccccc1NCC(=O)N1c2ccccc2OCC1c1ccccc1. The smallest absolute Gasteiger partial charge is 0.253 e. The molecule has 1 unspecified atom stereocenters. The summed E-state index contributed by atoms with van der Waals surface area (Å²) in [4.78, 5) is 27.9. The summed E-state index contributed by atoms with van der Waals surface area (Å²) in [6.07, 6.45) is 2.05. The maximum absolute atomic E-state index is 13.5. The number of hydrogen-bond donors (Lipinski definition) is 2. The normalized spacial score (nSPS) is 17.1. The first-order valence-corrected chi connectivity index (χ1v) is 10.9. The van der Waals surface area contributed by atoms with Crippen LogP contribution in [0.4, 0.5) is 11.4 Å². The molecule has 3 aromatic carbocycles. The predicted octanol–water partition coefficient (Wildman–Crippen LogP) is 4.16. The number of ether oxygens (including phenoxy) is 1. The molecule has 1 atom stereocenters. The third-order valence-corrected chi connectivity index (χ3v) is 5.80. The Hall–Kier alpha value is -3.80. The van der Waals surface area contributed by atoms with E-state index < -0.39 is 0 Å². The van der Waals surface area contributed by atoms with Crippen molar-refractivity contribution < 1.29 is 14.3 Å². The van der Waals surface area contributed by atoms with Crippen LogP contribution in [0.5, 0.6) is 5.75 Å². The highest BCUT2D eigenvalue weighted by Gasteiger charge is 2.33. The Morgan fingerprint density at radius 2 is 1.62 bits per heavy atom. The van der Waals surface area contributed by atoms with E-state index in [1.165, 1.54) is 0 Å². The Labute approximate surface area is 187 Å². The fourth-order valence-corrected chi connectivity index (χ4v) is 4.00. The van der Waals surface area contributed by atoms with Crippen molar-refractivity contribution >= 4 is 23.2 Å². The van der Waals surface area contributed by atoms with Crippen molar-refractivity contribution in [3.8, 4) is 5.75 Å². The molecular formula is C26H25N3O3. The van der Waals surface area contributed by atoms with Gasteiger partial charge in [0.25, 0.3) is 5.91 Å². The topological polar surface area (TPSA) is 70.7 Å². The highest BCUT2D eigenvalue weighted by Crippen LogP contribution is 2.39. The largest absolute Gasteiger partial charge is 0.489 e. The summed E-state index contributed by atoms with van der Waals surface area (Å²) in [5.74, 6) is 0.492. The van der Waals surface area contributed by atoms with E-state index in [2.05, 4.69) is 10.6 Å². The van der Waals surface area contributed by atoms with Crippen molar-refractivity contribution in [3.05, 3.63) is 90.0 Å². The maximum atomic E-state index is 13.5. The monoisotopic (exact) mass is 427 g/mol. The lowest BCUT2D eigenvalue weighted by Crippen LogP contribution is -2.43. The standard InChI is InChI=1S/C26H25N3O3/c30-25(16-27-21-11-5-4-10-20(21)26(31)28-19-14-15-19)29-22-12-6-7-13-24(22)32-17-23(29)18-8-2-1-3-9-18/h1-13,19,23,27H,14-17H2,(H,28,31). The van der Waals surface area contributed by atoms with Crippen LogP contribution in [0.3, 0.4) is 0 Å². The molecule has 2 aliphatic rings. The average Bonchev–Trinajstić information content (AvgIpc) is 3.66. The zero-order valence-corrected chi connectivity index (χ0v) is 17.7. The van der Waals surface area contributed by atoms with Gasteiger partial charge in [-0.3, -0.25) is 14.5 Å². The van der Waals surface area contributed by atoms with Gasteiger partial charge in [0.05, 0.1) is 23.8 Å². The number of para-hydroxylation sites is 3. The van der Waals surface area contributed by atoms with E-state index in [4.69, 9.17) is 4.74 Å². The van der Waals surface area contributed by atoms with Crippen LogP contribution in [-0.2, 0) is 4.79 Å². The fourth-order valence-electron chi connectivity index (χ4n) is 4.00. The maximum Gasteiger partial charge on any atom is 0.253 e. The fraction of sp³-hybridized carbons (Fsp3) is 0.231. The zero-order chi connectivity index (χ0) is 21.9. The van der Waals surface area contributed by atoms with Gasteiger partial charge < -0.3 is 15.4 Å². The summed E-state index contributed by atoms with van der Waals surface area (Å²) in [6.45, 7) is 0.443. The Morgan fingerprint density at radius 3 is 2.44 bits per heavy atom. The molecular weight excluding hydrogens is 402 g/mol. The molecule has 0 saturated heterocycles. The molecule has 1 saturated carbocycles. The number of fused-ring (bicyclic) bond motifs is 1. The molecule has 32 heavy (non-hydrogen) atoms. The second kappa shape index (κ2) is 8.75. The summed E-state index contributed by atoms with van der Waals surface area (Å²) >= 11 is 0. The molecule has 1 aliphatic carbocycles. The van der Waals surface area contributed by atoms with Gasteiger partial charge in [0.1, 0.15) is 12.4 Å². The number of benzene rings is 3. The molecule has 162 valence electrons. The number of nitrogens with one attached hydrogen (secondary N) is 2. The van der Waals surface area contributed by atoms with Crippen LogP contribution in [0.15, 0.2) is 78.9 Å². The second-order valence-electron chi connectivity index (χ2n) is 8.12. The number of nitrogens with zero attached hydrogens (tertiary/aromatic N) is 1. The van der Waals surface area contributed by atoms with Crippen molar-refractivity contribution in [2.75, 3.05) is 23.4 Å². The molecule has 0 bridgehead atoms. The lowest BCUT2D eigenvalue weighted by atomic mass is 10.0. The molecule has 1 fully saturated rings. The number of carbonyl (C=O) groups excluding carboxylic acids is 2. The molecule has 5 rings (SSSR count). The summed E-state index contributed by atoms with van der Waals surface area (Å²) in [5, 5.41) is 6.21. The lowest BCUT2D eigenvalue weighted by Gasteiger charge is -2.37. The van der Waals surface area contributed by atoms with Crippen LogP contribution < -0.4 is 20.3 Å². The number of anilines is 2. The summed E-state index contributed by atoms with van der Waals surface area (Å²) in [6, 6.07) is 24.8. The van der Waals surface area contributed by atoms with E-state index in [-0.39, 0.29) is 30.4 Å². The lowest BCUT2D eigenvalue weighted by molar-refractivity contribution is -0.117. The molecule has 6 heteroatoms. The summed E-state index contributed by atoms with van der Waals surface area (Å²) < 4.78 is 5.96. The van der Waals surface area contributed by atoms with Crippen LogP contribution in [0, 0.1) is 0 Å². The van der Waals surface area contributed by atoms with E-state index in [1.54, 1.807) is 11.0 Å². The molecule has 6 nitrogen and oxygen atoms in total. The zero-order valence-electron chi connectivity index (χ0n) is 17.7.